The number of hydrogen-bond acceptors (Lipinski definition) is 4. The van der Waals surface area contributed by atoms with Crippen molar-refractivity contribution in [1.82, 2.24) is 14.5 Å². The second-order valence-corrected chi connectivity index (χ2v) is 9.17. The number of ketones is 1. The summed E-state index contributed by atoms with van der Waals surface area (Å²) in [5.41, 5.74) is 2.59. The monoisotopic (exact) mass is 462 g/mol. The number of halogens is 1. The van der Waals surface area contributed by atoms with Gasteiger partial charge in [-0.05, 0) is 36.1 Å². The van der Waals surface area contributed by atoms with Gasteiger partial charge in [-0.2, -0.15) is 0 Å². The molecule has 0 radical (unpaired) electrons. The number of aryl methyl sites for hydroxylation is 1. The normalized spacial score (nSPS) is 15.6. The molecule has 2 aromatic carbocycles. The summed E-state index contributed by atoms with van der Waals surface area (Å²) < 4.78 is 17.1. The molecule has 5 nitrogen and oxygen atoms in total. The quantitative estimate of drug-likeness (QED) is 0.448. The lowest BCUT2D eigenvalue weighted by Gasteiger charge is -2.40. The van der Waals surface area contributed by atoms with E-state index < -0.39 is 0 Å². The van der Waals surface area contributed by atoms with Gasteiger partial charge in [0.2, 0.25) is 0 Å². The predicted molar refractivity (Wildman–Crippen MR) is 134 cm³/mol. The fourth-order valence-corrected chi connectivity index (χ4v) is 5.03. The average molecular weight is 463 g/mol. The number of aromatic nitrogens is 2. The number of carbonyl (C=O) groups is 1. The van der Waals surface area contributed by atoms with Crippen molar-refractivity contribution >= 4 is 11.5 Å². The number of Topliss-reactive ketones (excluding diaryl/α,β-unsaturated/α-hetero) is 1. The molecule has 34 heavy (non-hydrogen) atoms. The molecule has 0 amide bonds. The summed E-state index contributed by atoms with van der Waals surface area (Å²) in [7, 11) is 2.03. The summed E-state index contributed by atoms with van der Waals surface area (Å²) in [5, 5.41) is 0. The third kappa shape index (κ3) is 5.22. The van der Waals surface area contributed by atoms with Crippen LogP contribution < -0.4 is 4.90 Å². The average Bonchev–Trinajstić information content (AvgIpc) is 3.27. The van der Waals surface area contributed by atoms with Crippen LogP contribution in [-0.4, -0.2) is 46.4 Å². The molecule has 1 saturated heterocycles. The Hall–Kier alpha value is -2.99. The van der Waals surface area contributed by atoms with Gasteiger partial charge in [0.15, 0.2) is 0 Å². The standard InChI is InChI=1S/C28H35FN4O/c1-4-22(5-2)26(34)20-21-11-12-25(24(29)19-21)32-15-17-33(18-16-32)27(23-9-7-6-8-10-23)28-30-13-14-31(28)3/h6-14,19,22,27H,4-5,15-18,20H2,1-3H3. The van der Waals surface area contributed by atoms with E-state index in [4.69, 9.17) is 0 Å². The molecule has 6 heteroatoms. The third-order valence-electron chi connectivity index (χ3n) is 7.07. The zero-order valence-corrected chi connectivity index (χ0v) is 20.5. The largest absolute Gasteiger partial charge is 0.367 e. The molecule has 1 unspecified atom stereocenters. The Kier molecular flexibility index (Phi) is 7.78. The zero-order chi connectivity index (χ0) is 24.1. The molecular formula is C28H35FN4O. The van der Waals surface area contributed by atoms with Crippen molar-refractivity contribution < 1.29 is 9.18 Å². The lowest BCUT2D eigenvalue weighted by atomic mass is 9.93. The molecule has 1 aliphatic heterocycles. The maximum absolute atomic E-state index is 15.1. The molecule has 0 spiro atoms. The summed E-state index contributed by atoms with van der Waals surface area (Å²) in [6.45, 7) is 7.14. The van der Waals surface area contributed by atoms with Crippen LogP contribution in [0.1, 0.15) is 49.7 Å². The topological polar surface area (TPSA) is 41.4 Å². The lowest BCUT2D eigenvalue weighted by molar-refractivity contribution is -0.122. The fraction of sp³-hybridized carbons (Fsp3) is 0.429. The van der Waals surface area contributed by atoms with Crippen LogP contribution in [0.2, 0.25) is 0 Å². The van der Waals surface area contributed by atoms with E-state index >= 15 is 4.39 Å². The Bertz CT molecular complexity index is 1080. The van der Waals surface area contributed by atoms with Crippen LogP contribution in [0.15, 0.2) is 60.9 Å². The van der Waals surface area contributed by atoms with Crippen molar-refractivity contribution in [2.75, 3.05) is 31.1 Å². The number of hydrogen-bond donors (Lipinski definition) is 0. The minimum absolute atomic E-state index is 0.0617. The van der Waals surface area contributed by atoms with Gasteiger partial charge in [0.25, 0.3) is 0 Å². The highest BCUT2D eigenvalue weighted by Crippen LogP contribution is 2.30. The SMILES string of the molecule is CCC(CC)C(=O)Cc1ccc(N2CCN(C(c3ccccc3)c3nccn3C)CC2)c(F)c1. The zero-order valence-electron chi connectivity index (χ0n) is 20.5. The van der Waals surface area contributed by atoms with Gasteiger partial charge in [0.1, 0.15) is 17.4 Å². The smallest absolute Gasteiger partial charge is 0.146 e. The van der Waals surface area contributed by atoms with Crippen molar-refractivity contribution in [3.8, 4) is 0 Å². The van der Waals surface area contributed by atoms with Crippen LogP contribution in [0.4, 0.5) is 10.1 Å². The Morgan fingerprint density at radius 2 is 1.74 bits per heavy atom. The van der Waals surface area contributed by atoms with Gasteiger partial charge < -0.3 is 9.47 Å². The first kappa shape index (κ1) is 24.1. The summed E-state index contributed by atoms with van der Waals surface area (Å²) in [4.78, 5) is 21.6. The summed E-state index contributed by atoms with van der Waals surface area (Å²) >= 11 is 0. The molecule has 4 rings (SSSR count). The molecule has 1 fully saturated rings. The van der Waals surface area contributed by atoms with Crippen molar-refractivity contribution in [2.45, 2.75) is 39.2 Å². The van der Waals surface area contributed by atoms with Crippen molar-refractivity contribution in [1.29, 1.82) is 0 Å². The number of benzene rings is 2. The molecule has 1 aliphatic rings. The number of rotatable bonds is 9. The van der Waals surface area contributed by atoms with Gasteiger partial charge >= 0.3 is 0 Å². The van der Waals surface area contributed by atoms with Crippen molar-refractivity contribution in [3.63, 3.8) is 0 Å². The molecule has 3 aromatic rings. The number of imidazole rings is 1. The highest BCUT2D eigenvalue weighted by atomic mass is 19.1. The highest BCUT2D eigenvalue weighted by molar-refractivity contribution is 5.83. The van der Waals surface area contributed by atoms with Crippen molar-refractivity contribution in [3.05, 3.63) is 83.7 Å². The van der Waals surface area contributed by atoms with E-state index in [0.717, 1.165) is 50.4 Å². The molecule has 2 heterocycles. The number of carbonyl (C=O) groups excluding carboxylic acids is 1. The van der Waals surface area contributed by atoms with Gasteiger partial charge in [-0.3, -0.25) is 9.69 Å². The minimum atomic E-state index is -0.244. The van der Waals surface area contributed by atoms with Crippen LogP contribution in [0, 0.1) is 11.7 Å². The highest BCUT2D eigenvalue weighted by Gasteiger charge is 2.29. The van der Waals surface area contributed by atoms with E-state index in [0.29, 0.717) is 12.1 Å². The van der Waals surface area contributed by atoms with E-state index in [-0.39, 0.29) is 23.6 Å². The first-order valence-corrected chi connectivity index (χ1v) is 12.3. The van der Waals surface area contributed by atoms with Crippen LogP contribution in [0.3, 0.4) is 0 Å². The Labute approximate surface area is 202 Å². The minimum Gasteiger partial charge on any atom is -0.367 e. The van der Waals surface area contributed by atoms with Crippen LogP contribution in [0.25, 0.3) is 0 Å². The molecule has 0 N–H and O–H groups in total. The van der Waals surface area contributed by atoms with Crippen LogP contribution >= 0.6 is 0 Å². The van der Waals surface area contributed by atoms with Gasteiger partial charge in [0, 0.05) is 58.0 Å². The maximum atomic E-state index is 15.1. The maximum Gasteiger partial charge on any atom is 0.146 e. The summed E-state index contributed by atoms with van der Waals surface area (Å²) in [5.74, 6) is 1.03. The van der Waals surface area contributed by atoms with Gasteiger partial charge in [-0.25, -0.2) is 9.37 Å². The predicted octanol–water partition coefficient (Wildman–Crippen LogP) is 5.02. The Balaban J connectivity index is 1.46. The number of anilines is 1. The number of nitrogens with zero attached hydrogens (tertiary/aromatic N) is 4. The van der Waals surface area contributed by atoms with Crippen molar-refractivity contribution in [2.24, 2.45) is 13.0 Å². The molecule has 1 atom stereocenters. The summed E-state index contributed by atoms with van der Waals surface area (Å²) in [6, 6.07) is 15.8. The first-order valence-electron chi connectivity index (χ1n) is 12.3. The molecule has 0 saturated carbocycles. The Morgan fingerprint density at radius 1 is 1.03 bits per heavy atom. The van der Waals surface area contributed by atoms with E-state index in [2.05, 4.69) is 43.6 Å². The second kappa shape index (κ2) is 11.0. The molecule has 0 bridgehead atoms. The van der Waals surface area contributed by atoms with Crippen LogP contribution in [-0.2, 0) is 18.3 Å². The lowest BCUT2D eigenvalue weighted by Crippen LogP contribution is -2.48. The molecule has 0 aliphatic carbocycles. The third-order valence-corrected chi connectivity index (χ3v) is 7.07. The molecule has 1 aromatic heterocycles. The van der Waals surface area contributed by atoms with E-state index in [1.807, 2.05) is 51.5 Å². The fourth-order valence-electron chi connectivity index (χ4n) is 5.03. The second-order valence-electron chi connectivity index (χ2n) is 9.17. The van der Waals surface area contributed by atoms with Gasteiger partial charge in [-0.15, -0.1) is 0 Å². The van der Waals surface area contributed by atoms with Crippen LogP contribution in [0.5, 0.6) is 0 Å². The van der Waals surface area contributed by atoms with E-state index in [9.17, 15) is 4.79 Å². The van der Waals surface area contributed by atoms with E-state index in [1.54, 1.807) is 6.07 Å². The van der Waals surface area contributed by atoms with Gasteiger partial charge in [0.05, 0.1) is 11.7 Å². The van der Waals surface area contributed by atoms with E-state index in [1.165, 1.54) is 5.56 Å². The summed E-state index contributed by atoms with van der Waals surface area (Å²) in [6.07, 6.45) is 5.80. The molecular weight excluding hydrogens is 427 g/mol. The Morgan fingerprint density at radius 3 is 2.32 bits per heavy atom. The molecule has 180 valence electrons. The number of piperazine rings is 1. The first-order chi connectivity index (χ1) is 16.5. The van der Waals surface area contributed by atoms with Gasteiger partial charge in [-0.1, -0.05) is 50.2 Å².